The number of nitrogens with zero attached hydrogens (tertiary/aromatic N) is 5. The molecule has 0 N–H and O–H groups in total. The zero-order valence-corrected chi connectivity index (χ0v) is 15.8. The van der Waals surface area contributed by atoms with E-state index in [4.69, 9.17) is 11.6 Å². The summed E-state index contributed by atoms with van der Waals surface area (Å²) in [6, 6.07) is 13.7. The SMILES string of the molecule is O=C(CCCc1nnc2ccccn12)N1CCN(c2ccc(Cl)cc2)CC1. The smallest absolute Gasteiger partial charge is 0.222 e. The van der Waals surface area contributed by atoms with Crippen molar-refractivity contribution in [3.05, 3.63) is 59.5 Å². The van der Waals surface area contributed by atoms with Gasteiger partial charge in [-0.05, 0) is 42.8 Å². The Labute approximate surface area is 163 Å². The van der Waals surface area contributed by atoms with E-state index < -0.39 is 0 Å². The highest BCUT2D eigenvalue weighted by atomic mass is 35.5. The first-order chi connectivity index (χ1) is 13.2. The van der Waals surface area contributed by atoms with Crippen LogP contribution in [0.2, 0.25) is 5.02 Å². The third-order valence-electron chi connectivity index (χ3n) is 5.00. The predicted octanol–water partition coefficient (Wildman–Crippen LogP) is 3.05. The molecule has 1 amide bonds. The van der Waals surface area contributed by atoms with Gasteiger partial charge in [-0.3, -0.25) is 9.20 Å². The van der Waals surface area contributed by atoms with Gasteiger partial charge in [0.2, 0.25) is 5.91 Å². The first kappa shape index (κ1) is 17.8. The molecule has 0 bridgehead atoms. The van der Waals surface area contributed by atoms with Gasteiger partial charge in [0, 0.05) is 55.9 Å². The number of pyridine rings is 1. The van der Waals surface area contributed by atoms with Crippen molar-refractivity contribution in [2.45, 2.75) is 19.3 Å². The van der Waals surface area contributed by atoms with E-state index >= 15 is 0 Å². The summed E-state index contributed by atoms with van der Waals surface area (Å²) in [4.78, 5) is 16.8. The summed E-state index contributed by atoms with van der Waals surface area (Å²) in [5.74, 6) is 1.13. The lowest BCUT2D eigenvalue weighted by atomic mass is 10.2. The minimum atomic E-state index is 0.222. The first-order valence-corrected chi connectivity index (χ1v) is 9.65. The van der Waals surface area contributed by atoms with E-state index in [9.17, 15) is 4.79 Å². The molecule has 0 atom stereocenters. The van der Waals surface area contributed by atoms with Crippen LogP contribution in [0.1, 0.15) is 18.7 Å². The number of carbonyl (C=O) groups excluding carboxylic acids is 1. The Morgan fingerprint density at radius 3 is 2.56 bits per heavy atom. The van der Waals surface area contributed by atoms with Crippen LogP contribution < -0.4 is 4.90 Å². The monoisotopic (exact) mass is 383 g/mol. The van der Waals surface area contributed by atoms with E-state index in [2.05, 4.69) is 15.1 Å². The zero-order valence-electron chi connectivity index (χ0n) is 15.1. The summed E-state index contributed by atoms with van der Waals surface area (Å²) in [6.07, 6.45) is 4.04. The Hall–Kier alpha value is -2.60. The maximum atomic E-state index is 12.5. The summed E-state index contributed by atoms with van der Waals surface area (Å²) < 4.78 is 1.98. The van der Waals surface area contributed by atoms with E-state index in [1.807, 2.05) is 58.0 Å². The Balaban J connectivity index is 1.25. The van der Waals surface area contributed by atoms with E-state index in [0.29, 0.717) is 6.42 Å². The van der Waals surface area contributed by atoms with Crippen LogP contribution in [0, 0.1) is 0 Å². The molecule has 1 saturated heterocycles. The molecule has 1 fully saturated rings. The summed E-state index contributed by atoms with van der Waals surface area (Å²) in [5, 5.41) is 9.12. The second kappa shape index (κ2) is 7.96. The van der Waals surface area contributed by atoms with Gasteiger partial charge in [0.1, 0.15) is 5.82 Å². The fourth-order valence-electron chi connectivity index (χ4n) is 3.48. The van der Waals surface area contributed by atoms with Crippen molar-refractivity contribution < 1.29 is 4.79 Å². The highest BCUT2D eigenvalue weighted by Crippen LogP contribution is 2.20. The van der Waals surface area contributed by atoms with Crippen LogP contribution in [-0.2, 0) is 11.2 Å². The molecule has 4 rings (SSSR count). The highest BCUT2D eigenvalue weighted by molar-refractivity contribution is 6.30. The van der Waals surface area contributed by atoms with Crippen LogP contribution in [0.15, 0.2) is 48.7 Å². The van der Waals surface area contributed by atoms with Gasteiger partial charge in [-0.25, -0.2) is 0 Å². The minimum Gasteiger partial charge on any atom is -0.368 e. The molecule has 1 aromatic carbocycles. The molecule has 2 aromatic heterocycles. The number of hydrogen-bond donors (Lipinski definition) is 0. The number of benzene rings is 1. The van der Waals surface area contributed by atoms with Crippen molar-refractivity contribution in [2.75, 3.05) is 31.1 Å². The van der Waals surface area contributed by atoms with Crippen molar-refractivity contribution in [2.24, 2.45) is 0 Å². The molecule has 1 aliphatic heterocycles. The van der Waals surface area contributed by atoms with Crippen LogP contribution in [-0.4, -0.2) is 51.6 Å². The maximum Gasteiger partial charge on any atom is 0.222 e. The Morgan fingerprint density at radius 2 is 1.78 bits per heavy atom. The van der Waals surface area contributed by atoms with Gasteiger partial charge in [0.25, 0.3) is 0 Å². The average molecular weight is 384 g/mol. The van der Waals surface area contributed by atoms with E-state index in [1.165, 1.54) is 0 Å². The molecule has 27 heavy (non-hydrogen) atoms. The number of amides is 1. The molecule has 3 aromatic rings. The molecule has 140 valence electrons. The van der Waals surface area contributed by atoms with Crippen molar-refractivity contribution in [3.63, 3.8) is 0 Å². The predicted molar refractivity (Wildman–Crippen MR) is 106 cm³/mol. The molecular weight excluding hydrogens is 362 g/mol. The molecule has 0 radical (unpaired) electrons. The average Bonchev–Trinajstić information content (AvgIpc) is 3.12. The molecule has 3 heterocycles. The Morgan fingerprint density at radius 1 is 1.00 bits per heavy atom. The van der Waals surface area contributed by atoms with Crippen LogP contribution in [0.3, 0.4) is 0 Å². The Kier molecular flexibility index (Phi) is 5.25. The van der Waals surface area contributed by atoms with Gasteiger partial charge in [-0.1, -0.05) is 17.7 Å². The number of fused-ring (bicyclic) bond motifs is 1. The largest absolute Gasteiger partial charge is 0.368 e. The topological polar surface area (TPSA) is 53.7 Å². The third-order valence-corrected chi connectivity index (χ3v) is 5.25. The highest BCUT2D eigenvalue weighted by Gasteiger charge is 2.21. The van der Waals surface area contributed by atoms with Gasteiger partial charge in [0.05, 0.1) is 0 Å². The van der Waals surface area contributed by atoms with Crippen LogP contribution in [0.25, 0.3) is 5.65 Å². The number of anilines is 1. The molecule has 7 heteroatoms. The molecular formula is C20H22ClN5O. The van der Waals surface area contributed by atoms with Crippen LogP contribution >= 0.6 is 11.6 Å². The molecule has 6 nitrogen and oxygen atoms in total. The fraction of sp³-hybridized carbons (Fsp3) is 0.350. The zero-order chi connectivity index (χ0) is 18.6. The van der Waals surface area contributed by atoms with Crippen molar-refractivity contribution in [3.8, 4) is 0 Å². The normalized spacial score (nSPS) is 14.7. The lowest BCUT2D eigenvalue weighted by Gasteiger charge is -2.36. The second-order valence-corrected chi connectivity index (χ2v) is 7.18. The molecule has 0 aliphatic carbocycles. The lowest BCUT2D eigenvalue weighted by molar-refractivity contribution is -0.131. The van der Waals surface area contributed by atoms with Gasteiger partial charge in [-0.15, -0.1) is 10.2 Å². The molecule has 0 saturated carbocycles. The number of carbonyl (C=O) groups is 1. The Bertz CT molecular complexity index is 916. The van der Waals surface area contributed by atoms with Gasteiger partial charge in [0.15, 0.2) is 5.65 Å². The lowest BCUT2D eigenvalue weighted by Crippen LogP contribution is -2.48. The summed E-state index contributed by atoms with van der Waals surface area (Å²) >= 11 is 5.95. The molecule has 1 aliphatic rings. The maximum absolute atomic E-state index is 12.5. The van der Waals surface area contributed by atoms with Crippen molar-refractivity contribution >= 4 is 28.8 Å². The van der Waals surface area contributed by atoms with Gasteiger partial charge >= 0.3 is 0 Å². The van der Waals surface area contributed by atoms with Crippen LogP contribution in [0.4, 0.5) is 5.69 Å². The number of rotatable bonds is 5. The van der Waals surface area contributed by atoms with Crippen LogP contribution in [0.5, 0.6) is 0 Å². The number of aromatic nitrogens is 3. The summed E-state index contributed by atoms with van der Waals surface area (Å²) in [5.41, 5.74) is 2.00. The van der Waals surface area contributed by atoms with E-state index in [0.717, 1.165) is 61.2 Å². The quantitative estimate of drug-likeness (QED) is 0.679. The number of aryl methyl sites for hydroxylation is 1. The fourth-order valence-corrected chi connectivity index (χ4v) is 3.61. The number of hydrogen-bond acceptors (Lipinski definition) is 4. The summed E-state index contributed by atoms with van der Waals surface area (Å²) in [7, 11) is 0. The van der Waals surface area contributed by atoms with Gasteiger partial charge < -0.3 is 9.80 Å². The summed E-state index contributed by atoms with van der Waals surface area (Å²) in [6.45, 7) is 3.22. The molecule has 0 unspecified atom stereocenters. The minimum absolute atomic E-state index is 0.222. The van der Waals surface area contributed by atoms with E-state index in [-0.39, 0.29) is 5.91 Å². The first-order valence-electron chi connectivity index (χ1n) is 9.28. The number of halogens is 1. The molecule has 0 spiro atoms. The second-order valence-electron chi connectivity index (χ2n) is 6.74. The van der Waals surface area contributed by atoms with Gasteiger partial charge in [-0.2, -0.15) is 0 Å². The standard InChI is InChI=1S/C20H22ClN5O/c21-16-7-9-17(10-8-16)24-12-14-25(15-13-24)20(27)6-3-5-19-23-22-18-4-1-2-11-26(18)19/h1-2,4,7-11H,3,5-6,12-15H2. The van der Waals surface area contributed by atoms with E-state index in [1.54, 1.807) is 0 Å². The third kappa shape index (κ3) is 4.06. The van der Waals surface area contributed by atoms with Crippen molar-refractivity contribution in [1.82, 2.24) is 19.5 Å². The van der Waals surface area contributed by atoms with Crippen molar-refractivity contribution in [1.29, 1.82) is 0 Å². The number of piperazine rings is 1.